The van der Waals surface area contributed by atoms with E-state index in [1.807, 2.05) is 13.1 Å². The predicted octanol–water partition coefficient (Wildman–Crippen LogP) is 3.60. The molecule has 2 aliphatic rings. The van der Waals surface area contributed by atoms with Gasteiger partial charge in [-0.25, -0.2) is 9.37 Å². The normalized spacial score (nSPS) is 15.9. The van der Waals surface area contributed by atoms with E-state index in [1.165, 1.54) is 30.0 Å². The van der Waals surface area contributed by atoms with Crippen LogP contribution in [0, 0.1) is 17.6 Å². The molecular formula is C31H37ClF2N6O6. The van der Waals surface area contributed by atoms with Gasteiger partial charge in [0.2, 0.25) is 11.7 Å². The van der Waals surface area contributed by atoms with Crippen molar-refractivity contribution in [3.8, 4) is 17.0 Å². The quantitative estimate of drug-likeness (QED) is 0.278. The maximum Gasteiger partial charge on any atom is 0.290 e. The average molecular weight is 663 g/mol. The van der Waals surface area contributed by atoms with Crippen LogP contribution in [0.2, 0.25) is 5.02 Å². The van der Waals surface area contributed by atoms with Gasteiger partial charge < -0.3 is 35.3 Å². The van der Waals surface area contributed by atoms with Gasteiger partial charge in [0.25, 0.3) is 12.4 Å². The molecule has 248 valence electrons. The minimum absolute atomic E-state index is 0.00760. The number of carbonyl (C=O) groups excluding carboxylic acids is 3. The first-order valence-corrected chi connectivity index (χ1v) is 14.8. The maximum absolute atomic E-state index is 13.8. The lowest BCUT2D eigenvalue weighted by atomic mass is 9.95. The number of imidazole rings is 1. The van der Waals surface area contributed by atoms with Gasteiger partial charge in [-0.2, -0.15) is 4.39 Å². The van der Waals surface area contributed by atoms with E-state index in [-0.39, 0.29) is 47.4 Å². The molecule has 0 radical (unpaired) electrons. The number of aromatic nitrogens is 2. The Morgan fingerprint density at radius 1 is 1.13 bits per heavy atom. The molecule has 0 saturated carbocycles. The van der Waals surface area contributed by atoms with Crippen molar-refractivity contribution >= 4 is 41.9 Å². The van der Waals surface area contributed by atoms with Gasteiger partial charge in [0.15, 0.2) is 23.7 Å². The van der Waals surface area contributed by atoms with Crippen molar-refractivity contribution in [2.75, 3.05) is 45.7 Å². The topological polar surface area (TPSA) is 155 Å². The van der Waals surface area contributed by atoms with Crippen molar-refractivity contribution in [3.63, 3.8) is 0 Å². The van der Waals surface area contributed by atoms with E-state index in [0.29, 0.717) is 48.5 Å². The molecule has 2 saturated heterocycles. The van der Waals surface area contributed by atoms with Crippen LogP contribution in [0.5, 0.6) is 5.75 Å². The van der Waals surface area contributed by atoms with E-state index in [4.69, 9.17) is 21.5 Å². The fourth-order valence-corrected chi connectivity index (χ4v) is 5.39. The number of likely N-dealkylation sites (tertiary alicyclic amines) is 1. The molecule has 1 unspecified atom stereocenters. The summed E-state index contributed by atoms with van der Waals surface area (Å²) < 4.78 is 33.5. The monoisotopic (exact) mass is 662 g/mol. The first-order valence-electron chi connectivity index (χ1n) is 14.4. The number of benzene rings is 2. The van der Waals surface area contributed by atoms with Crippen LogP contribution < -0.4 is 20.7 Å². The number of carbonyl (C=O) groups is 4. The Kier molecular flexibility index (Phi) is 13.4. The van der Waals surface area contributed by atoms with Gasteiger partial charge in [-0.1, -0.05) is 11.6 Å². The van der Waals surface area contributed by atoms with Gasteiger partial charge >= 0.3 is 0 Å². The van der Waals surface area contributed by atoms with Crippen LogP contribution in [-0.4, -0.2) is 90.5 Å². The van der Waals surface area contributed by atoms with Gasteiger partial charge in [-0.05, 0) is 56.1 Å². The van der Waals surface area contributed by atoms with E-state index in [0.717, 1.165) is 25.2 Å². The Morgan fingerprint density at radius 2 is 1.83 bits per heavy atom. The van der Waals surface area contributed by atoms with E-state index in [2.05, 4.69) is 25.7 Å². The van der Waals surface area contributed by atoms with Crippen LogP contribution in [0.25, 0.3) is 11.3 Å². The zero-order valence-corrected chi connectivity index (χ0v) is 26.4. The highest BCUT2D eigenvalue weighted by Gasteiger charge is 2.30. The molecule has 0 aliphatic carbocycles. The summed E-state index contributed by atoms with van der Waals surface area (Å²) in [4.78, 5) is 49.6. The molecule has 0 bridgehead atoms. The second-order valence-electron chi connectivity index (χ2n) is 10.4. The van der Waals surface area contributed by atoms with Crippen molar-refractivity contribution < 1.29 is 37.8 Å². The lowest BCUT2D eigenvalue weighted by Crippen LogP contribution is -2.45. The molecular weight excluding hydrogens is 626 g/mol. The second-order valence-corrected chi connectivity index (χ2v) is 10.8. The summed E-state index contributed by atoms with van der Waals surface area (Å²) in [7, 11) is 4.62. The lowest BCUT2D eigenvalue weighted by molar-refractivity contribution is -0.127. The van der Waals surface area contributed by atoms with Crippen LogP contribution in [0.3, 0.4) is 0 Å². The number of methoxy groups -OCH3 is 1. The van der Waals surface area contributed by atoms with Gasteiger partial charge in [0.05, 0.1) is 29.6 Å². The minimum Gasteiger partial charge on any atom is -0.494 e. The number of amides is 2. The number of piperidine rings is 1. The molecule has 1 aromatic heterocycles. The zero-order valence-electron chi connectivity index (χ0n) is 25.7. The van der Waals surface area contributed by atoms with Crippen LogP contribution in [-0.2, 0) is 16.6 Å². The molecule has 4 N–H and O–H groups in total. The summed E-state index contributed by atoms with van der Waals surface area (Å²) in [5.74, 6) is -2.08. The molecule has 5 rings (SSSR count). The Balaban J connectivity index is 0.000000241. The molecule has 12 nitrogen and oxygen atoms in total. The number of ether oxygens (including phenoxy) is 1. The first-order chi connectivity index (χ1) is 22.1. The third-order valence-corrected chi connectivity index (χ3v) is 8.03. The van der Waals surface area contributed by atoms with E-state index < -0.39 is 11.6 Å². The Hall–Kier alpha value is -4.56. The summed E-state index contributed by atoms with van der Waals surface area (Å²) >= 11 is 6.24. The number of hydrogen-bond acceptors (Lipinski definition) is 8. The van der Waals surface area contributed by atoms with Crippen LogP contribution in [0.1, 0.15) is 40.2 Å². The smallest absolute Gasteiger partial charge is 0.290 e. The molecule has 46 heavy (non-hydrogen) atoms. The standard InChI is InChI=1S/C18H25ClN4O2.C12H10F2N2O2.CH2O2/c1-20-13-2-3-15(16(19)10-13)18(25)23-8-5-12(6-9-23)17(24)22-14-4-7-21-11-14;1-16-8(5-15-10(16)6-17)7-3-4-9(18-2)12(14)11(7)13;2-1-3/h2-3,10,12,14,20-21H,4-9,11H2,1H3,(H,22,24);3-6H,1-2H3;1H,(H,2,3). The van der Waals surface area contributed by atoms with Crippen molar-refractivity contribution in [2.45, 2.75) is 25.3 Å². The van der Waals surface area contributed by atoms with Crippen molar-refractivity contribution in [1.82, 2.24) is 25.1 Å². The second kappa shape index (κ2) is 17.2. The SMILES string of the molecule is CNc1ccc(C(=O)N2CCC(C(=O)NC3CCNC3)CC2)c(Cl)c1.COc1ccc(-c2cnc(C=O)n2C)c(F)c1F.O=CO. The Bertz CT molecular complexity index is 1520. The van der Waals surface area contributed by atoms with Crippen LogP contribution >= 0.6 is 11.6 Å². The molecule has 2 fully saturated rings. The van der Waals surface area contributed by atoms with E-state index >= 15 is 0 Å². The van der Waals surface area contributed by atoms with Crippen LogP contribution in [0.15, 0.2) is 36.5 Å². The Morgan fingerprint density at radius 3 is 2.37 bits per heavy atom. The number of nitrogens with zero attached hydrogens (tertiary/aromatic N) is 3. The number of carboxylic acid groups (broad SMARTS) is 1. The summed E-state index contributed by atoms with van der Waals surface area (Å²) in [6, 6.07) is 8.29. The number of hydrogen-bond donors (Lipinski definition) is 4. The summed E-state index contributed by atoms with van der Waals surface area (Å²) in [5, 5.41) is 16.7. The third kappa shape index (κ3) is 8.79. The molecule has 3 heterocycles. The summed E-state index contributed by atoms with van der Waals surface area (Å²) in [5.41, 5.74) is 1.73. The van der Waals surface area contributed by atoms with Gasteiger partial charge in [-0.3, -0.25) is 19.2 Å². The highest BCUT2D eigenvalue weighted by molar-refractivity contribution is 6.34. The number of nitrogens with one attached hydrogen (secondary N) is 3. The van der Waals surface area contributed by atoms with Crippen molar-refractivity contribution in [3.05, 3.63) is 64.6 Å². The number of anilines is 1. The highest BCUT2D eigenvalue weighted by atomic mass is 35.5. The largest absolute Gasteiger partial charge is 0.494 e. The fraction of sp³-hybridized carbons (Fsp3) is 0.387. The molecule has 2 aliphatic heterocycles. The molecule has 3 aromatic rings. The fourth-order valence-electron chi connectivity index (χ4n) is 5.13. The van der Waals surface area contributed by atoms with Gasteiger partial charge in [-0.15, -0.1) is 0 Å². The van der Waals surface area contributed by atoms with E-state index in [9.17, 15) is 23.2 Å². The first kappa shape index (κ1) is 35.9. The Labute approximate surface area is 270 Å². The number of rotatable bonds is 7. The van der Waals surface area contributed by atoms with E-state index in [1.54, 1.807) is 24.1 Å². The summed E-state index contributed by atoms with van der Waals surface area (Å²) in [6.07, 6.45) is 4.24. The maximum atomic E-state index is 13.8. The molecule has 0 spiro atoms. The molecule has 2 aromatic carbocycles. The van der Waals surface area contributed by atoms with Crippen molar-refractivity contribution in [2.24, 2.45) is 13.0 Å². The number of aldehydes is 1. The van der Waals surface area contributed by atoms with Gasteiger partial charge in [0.1, 0.15) is 0 Å². The van der Waals surface area contributed by atoms with Crippen molar-refractivity contribution in [1.29, 1.82) is 0 Å². The molecule has 1 atom stereocenters. The number of halogens is 3. The molecule has 2 amide bonds. The zero-order chi connectivity index (χ0) is 33.8. The highest BCUT2D eigenvalue weighted by Crippen LogP contribution is 2.30. The third-order valence-electron chi connectivity index (χ3n) is 7.72. The summed E-state index contributed by atoms with van der Waals surface area (Å²) in [6.45, 7) is 2.74. The average Bonchev–Trinajstić information content (AvgIpc) is 3.71. The van der Waals surface area contributed by atoms with Gasteiger partial charge in [0, 0.05) is 56.9 Å². The van der Waals surface area contributed by atoms with Crippen LogP contribution in [0.4, 0.5) is 14.5 Å². The molecule has 15 heteroatoms. The minimum atomic E-state index is -1.07. The predicted molar refractivity (Wildman–Crippen MR) is 168 cm³/mol. The lowest BCUT2D eigenvalue weighted by Gasteiger charge is -2.32.